The van der Waals surface area contributed by atoms with Crippen LogP contribution < -0.4 is 4.18 Å². The van der Waals surface area contributed by atoms with E-state index in [-0.39, 0.29) is 16.4 Å². The molecular weight excluding hydrogens is 489 g/mol. The maximum absolute atomic E-state index is 13.1. The van der Waals surface area contributed by atoms with Gasteiger partial charge in [-0.15, -0.1) is 0 Å². The molecule has 8 heteroatoms. The van der Waals surface area contributed by atoms with E-state index in [4.69, 9.17) is 0 Å². The van der Waals surface area contributed by atoms with Crippen molar-refractivity contribution in [3.8, 4) is 28.0 Å². The highest BCUT2D eigenvalue weighted by atomic mass is 32.2. The number of aldehydes is 1. The Morgan fingerprint density at radius 1 is 0.778 bits per heavy atom. The summed E-state index contributed by atoms with van der Waals surface area (Å²) in [4.78, 5) is 11.0. The number of alkyl halides is 3. The lowest BCUT2D eigenvalue weighted by atomic mass is 9.63. The molecule has 0 N–H and O–H groups in total. The van der Waals surface area contributed by atoms with Gasteiger partial charge in [-0.3, -0.25) is 4.79 Å². The molecule has 0 aliphatic heterocycles. The van der Waals surface area contributed by atoms with Crippen molar-refractivity contribution < 1.29 is 30.6 Å². The van der Waals surface area contributed by atoms with Gasteiger partial charge in [0.1, 0.15) is 6.29 Å². The Hall–Kier alpha value is -3.13. The second-order valence-electron chi connectivity index (χ2n) is 10.5. The van der Waals surface area contributed by atoms with Gasteiger partial charge in [0.25, 0.3) is 0 Å². The van der Waals surface area contributed by atoms with Crippen molar-refractivity contribution in [3.63, 3.8) is 0 Å². The predicted octanol–water partition coefficient (Wildman–Crippen LogP) is 7.41. The van der Waals surface area contributed by atoms with Gasteiger partial charge in [0, 0.05) is 11.1 Å². The number of carbonyl (C=O) groups excluding carboxylic acids is 1. The van der Waals surface area contributed by atoms with Crippen molar-refractivity contribution in [3.05, 3.63) is 77.4 Å². The average Bonchev–Trinajstić information content (AvgIpc) is 2.81. The first kappa shape index (κ1) is 25.9. The Morgan fingerprint density at radius 3 is 1.92 bits per heavy atom. The van der Waals surface area contributed by atoms with Gasteiger partial charge in [0.15, 0.2) is 5.75 Å². The number of benzene rings is 3. The van der Waals surface area contributed by atoms with Crippen LogP contribution in [0.5, 0.6) is 5.75 Å². The Labute approximate surface area is 209 Å². The molecule has 4 nitrogen and oxygen atoms in total. The molecule has 1 aliphatic rings. The Bertz CT molecular complexity index is 1420. The number of fused-ring (bicyclic) bond motifs is 1. The summed E-state index contributed by atoms with van der Waals surface area (Å²) in [7, 11) is -5.87. The lowest BCUT2D eigenvalue weighted by Crippen LogP contribution is -2.33. The second kappa shape index (κ2) is 8.76. The fourth-order valence-electron chi connectivity index (χ4n) is 4.68. The zero-order valence-electron chi connectivity index (χ0n) is 20.4. The maximum atomic E-state index is 13.1. The monoisotopic (exact) mass is 516 g/mol. The second-order valence-corrected chi connectivity index (χ2v) is 12.0. The molecule has 3 aromatic carbocycles. The highest BCUT2D eigenvalue weighted by molar-refractivity contribution is 7.88. The van der Waals surface area contributed by atoms with Crippen LogP contribution in [0.2, 0.25) is 0 Å². The van der Waals surface area contributed by atoms with E-state index in [0.717, 1.165) is 24.0 Å². The highest BCUT2D eigenvalue weighted by Crippen LogP contribution is 2.48. The molecule has 0 unspecified atom stereocenters. The Kier molecular flexibility index (Phi) is 6.32. The fraction of sp³-hybridized carbons (Fsp3) is 0.321. The van der Waals surface area contributed by atoms with Crippen LogP contribution in [0, 0.1) is 0 Å². The molecule has 0 amide bonds. The first-order valence-corrected chi connectivity index (χ1v) is 12.9. The third-order valence-corrected chi connectivity index (χ3v) is 7.97. The summed E-state index contributed by atoms with van der Waals surface area (Å²) < 4.78 is 67.8. The molecule has 0 saturated carbocycles. The van der Waals surface area contributed by atoms with Gasteiger partial charge in [-0.25, -0.2) is 0 Å². The first-order valence-electron chi connectivity index (χ1n) is 11.5. The SMILES string of the molecule is CC1(C)CCC(C)(C)c2cc(-c3cc(-c4ccc(C=O)cc4)ccc3OS(=O)(=O)C(F)(F)F)ccc21. The normalized spacial score (nSPS) is 16.8. The zero-order valence-corrected chi connectivity index (χ0v) is 21.3. The van der Waals surface area contributed by atoms with Crippen LogP contribution in [-0.2, 0) is 20.9 Å². The zero-order chi connectivity index (χ0) is 26.5. The molecule has 0 saturated heterocycles. The van der Waals surface area contributed by atoms with Crippen molar-refractivity contribution in [1.29, 1.82) is 0 Å². The summed E-state index contributed by atoms with van der Waals surface area (Å²) in [6, 6.07) is 16.7. The topological polar surface area (TPSA) is 60.4 Å². The maximum Gasteiger partial charge on any atom is 0.534 e. The van der Waals surface area contributed by atoms with Gasteiger partial charge in [0.2, 0.25) is 0 Å². The molecule has 0 fully saturated rings. The van der Waals surface area contributed by atoms with E-state index in [9.17, 15) is 26.4 Å². The molecule has 4 rings (SSSR count). The molecule has 0 atom stereocenters. The van der Waals surface area contributed by atoms with E-state index in [0.29, 0.717) is 28.5 Å². The Morgan fingerprint density at radius 2 is 1.33 bits per heavy atom. The molecule has 0 bridgehead atoms. The van der Waals surface area contributed by atoms with Gasteiger partial charge >= 0.3 is 15.6 Å². The number of hydrogen-bond donors (Lipinski definition) is 0. The number of hydrogen-bond acceptors (Lipinski definition) is 4. The largest absolute Gasteiger partial charge is 0.534 e. The molecule has 0 spiro atoms. The third kappa shape index (κ3) is 4.78. The summed E-state index contributed by atoms with van der Waals surface area (Å²) >= 11 is 0. The quantitative estimate of drug-likeness (QED) is 0.201. The van der Waals surface area contributed by atoms with Crippen LogP contribution in [0.3, 0.4) is 0 Å². The highest BCUT2D eigenvalue weighted by Gasteiger charge is 2.49. The molecular formula is C28H27F3O4S. The number of carbonyl (C=O) groups is 1. The van der Waals surface area contributed by atoms with Crippen molar-refractivity contribution >= 4 is 16.4 Å². The van der Waals surface area contributed by atoms with E-state index in [1.165, 1.54) is 12.1 Å². The summed E-state index contributed by atoms with van der Waals surface area (Å²) in [6.07, 6.45) is 2.65. The lowest BCUT2D eigenvalue weighted by Gasteiger charge is -2.42. The van der Waals surface area contributed by atoms with E-state index in [1.54, 1.807) is 36.4 Å². The molecule has 1 aliphatic carbocycles. The number of rotatable bonds is 5. The summed E-state index contributed by atoms with van der Waals surface area (Å²) in [5.74, 6) is -0.409. The van der Waals surface area contributed by atoms with Gasteiger partial charge < -0.3 is 4.18 Å². The summed E-state index contributed by atoms with van der Waals surface area (Å²) in [5.41, 5.74) is -0.949. The smallest absolute Gasteiger partial charge is 0.375 e. The van der Waals surface area contributed by atoms with Crippen LogP contribution in [0.15, 0.2) is 60.7 Å². The molecule has 3 aromatic rings. The summed E-state index contributed by atoms with van der Waals surface area (Å²) in [5, 5.41) is 0. The molecule has 36 heavy (non-hydrogen) atoms. The van der Waals surface area contributed by atoms with Crippen LogP contribution in [0.4, 0.5) is 13.2 Å². The lowest BCUT2D eigenvalue weighted by molar-refractivity contribution is -0.0499. The van der Waals surface area contributed by atoms with Crippen LogP contribution in [-0.4, -0.2) is 20.2 Å². The van der Waals surface area contributed by atoms with Gasteiger partial charge in [-0.1, -0.05) is 76.2 Å². The average molecular weight is 517 g/mol. The molecule has 0 aromatic heterocycles. The van der Waals surface area contributed by atoms with Gasteiger partial charge in [0.05, 0.1) is 0 Å². The minimum Gasteiger partial charge on any atom is -0.375 e. The van der Waals surface area contributed by atoms with Crippen LogP contribution in [0.25, 0.3) is 22.3 Å². The molecule has 190 valence electrons. The van der Waals surface area contributed by atoms with E-state index < -0.39 is 21.4 Å². The van der Waals surface area contributed by atoms with E-state index >= 15 is 0 Å². The van der Waals surface area contributed by atoms with Crippen molar-refractivity contribution in [2.45, 2.75) is 56.9 Å². The van der Waals surface area contributed by atoms with Crippen LogP contribution >= 0.6 is 0 Å². The summed E-state index contributed by atoms with van der Waals surface area (Å²) in [6.45, 7) is 8.58. The molecule has 0 heterocycles. The van der Waals surface area contributed by atoms with E-state index in [1.807, 2.05) is 12.1 Å². The third-order valence-electron chi connectivity index (χ3n) is 7.01. The predicted molar refractivity (Wildman–Crippen MR) is 134 cm³/mol. The minimum atomic E-state index is -5.87. The Balaban J connectivity index is 1.91. The molecule has 0 radical (unpaired) electrons. The van der Waals surface area contributed by atoms with Gasteiger partial charge in [-0.2, -0.15) is 21.6 Å². The van der Waals surface area contributed by atoms with E-state index in [2.05, 4.69) is 31.9 Å². The number of halogens is 3. The standard InChI is InChI=1S/C28H27F3O4S/c1-26(2)13-14-27(3,4)24-16-21(9-11-23(24)26)22-15-20(19-7-5-18(17-32)6-8-19)10-12-25(22)35-36(33,34)28(29,30)31/h5-12,15-17H,13-14H2,1-4H3. The minimum absolute atomic E-state index is 0.0650. The van der Waals surface area contributed by atoms with Gasteiger partial charge in [-0.05, 0) is 63.6 Å². The fourth-order valence-corrected chi connectivity index (χ4v) is 5.16. The van der Waals surface area contributed by atoms with Crippen molar-refractivity contribution in [2.24, 2.45) is 0 Å². The van der Waals surface area contributed by atoms with Crippen molar-refractivity contribution in [1.82, 2.24) is 0 Å². The first-order chi connectivity index (χ1) is 16.6. The van der Waals surface area contributed by atoms with Crippen LogP contribution in [0.1, 0.15) is 62.0 Å². The van der Waals surface area contributed by atoms with Crippen molar-refractivity contribution in [2.75, 3.05) is 0 Å².